The second-order valence-corrected chi connectivity index (χ2v) is 4.43. The lowest BCUT2D eigenvalue weighted by atomic mass is 10.2. The molecule has 1 aromatic carbocycles. The third-order valence-corrected chi connectivity index (χ3v) is 3.19. The number of rotatable bonds is 3. The quantitative estimate of drug-likeness (QED) is 0.771. The Hall–Kier alpha value is -3.02. The number of ether oxygens (including phenoxy) is 1. The smallest absolute Gasteiger partial charge is 0.356 e. The van der Waals surface area contributed by atoms with E-state index in [1.165, 1.54) is 6.07 Å². The Kier molecular flexibility index (Phi) is 2.98. The molecular formula is C15H12N2O4. The first-order valence-electron chi connectivity index (χ1n) is 6.19. The van der Waals surface area contributed by atoms with Gasteiger partial charge in [-0.1, -0.05) is 0 Å². The number of hydrogen-bond acceptors (Lipinski definition) is 4. The Morgan fingerprint density at radius 1 is 1.24 bits per heavy atom. The molecule has 21 heavy (non-hydrogen) atoms. The summed E-state index contributed by atoms with van der Waals surface area (Å²) in [6.45, 7) is 0. The normalized spacial score (nSPS) is 10.7. The number of benzene rings is 1. The van der Waals surface area contributed by atoms with Crippen LogP contribution in [0.5, 0.6) is 11.5 Å². The standard InChI is InChI=1S/C15H12N2O4/c1-21-10-6-4-9(5-7-10)14-16-12(15(19)20)13-11(18)3-2-8-17(13)14/h2-8,18H,1H3,(H,19,20). The van der Waals surface area contributed by atoms with Crippen LogP contribution in [0.4, 0.5) is 0 Å². The summed E-state index contributed by atoms with van der Waals surface area (Å²) < 4.78 is 6.65. The first-order valence-corrected chi connectivity index (χ1v) is 6.19. The molecule has 0 fully saturated rings. The predicted octanol–water partition coefficient (Wildman–Crippen LogP) is 2.41. The largest absolute Gasteiger partial charge is 0.506 e. The van der Waals surface area contributed by atoms with Crippen LogP contribution in [0.3, 0.4) is 0 Å². The lowest BCUT2D eigenvalue weighted by molar-refractivity contribution is 0.0693. The molecule has 0 radical (unpaired) electrons. The topological polar surface area (TPSA) is 84.1 Å². The molecule has 0 aliphatic rings. The van der Waals surface area contributed by atoms with Gasteiger partial charge in [0.25, 0.3) is 0 Å². The van der Waals surface area contributed by atoms with Gasteiger partial charge in [-0.15, -0.1) is 0 Å². The van der Waals surface area contributed by atoms with E-state index in [1.54, 1.807) is 48.0 Å². The van der Waals surface area contributed by atoms with Crippen molar-refractivity contribution in [3.63, 3.8) is 0 Å². The molecule has 106 valence electrons. The minimum absolute atomic E-state index is 0.123. The van der Waals surface area contributed by atoms with Gasteiger partial charge in [-0.05, 0) is 36.4 Å². The highest BCUT2D eigenvalue weighted by Gasteiger charge is 2.20. The number of carbonyl (C=O) groups is 1. The molecule has 3 aromatic rings. The van der Waals surface area contributed by atoms with Crippen LogP contribution in [0.2, 0.25) is 0 Å². The van der Waals surface area contributed by atoms with Gasteiger partial charge in [0.05, 0.1) is 7.11 Å². The number of carboxylic acid groups (broad SMARTS) is 1. The van der Waals surface area contributed by atoms with Crippen LogP contribution >= 0.6 is 0 Å². The van der Waals surface area contributed by atoms with Crippen LogP contribution < -0.4 is 4.74 Å². The summed E-state index contributed by atoms with van der Waals surface area (Å²) in [6, 6.07) is 10.1. The molecule has 0 atom stereocenters. The number of pyridine rings is 1. The van der Waals surface area contributed by atoms with Crippen molar-refractivity contribution in [2.24, 2.45) is 0 Å². The Morgan fingerprint density at radius 3 is 2.57 bits per heavy atom. The minimum Gasteiger partial charge on any atom is -0.506 e. The molecule has 0 saturated carbocycles. The maximum atomic E-state index is 11.3. The number of aromatic carboxylic acids is 1. The summed E-state index contributed by atoms with van der Waals surface area (Å²) in [7, 11) is 1.57. The number of aromatic hydroxyl groups is 1. The van der Waals surface area contributed by atoms with Gasteiger partial charge in [-0.2, -0.15) is 0 Å². The zero-order chi connectivity index (χ0) is 15.0. The molecule has 0 saturated heterocycles. The van der Waals surface area contributed by atoms with E-state index in [9.17, 15) is 15.0 Å². The van der Waals surface area contributed by atoms with Gasteiger partial charge in [0.1, 0.15) is 22.8 Å². The summed E-state index contributed by atoms with van der Waals surface area (Å²) in [5, 5.41) is 19.1. The summed E-state index contributed by atoms with van der Waals surface area (Å²) in [5.41, 5.74) is 0.721. The molecule has 2 N–H and O–H groups in total. The minimum atomic E-state index is -1.19. The molecule has 3 rings (SSSR count). The van der Waals surface area contributed by atoms with Gasteiger partial charge >= 0.3 is 5.97 Å². The zero-order valence-electron chi connectivity index (χ0n) is 11.1. The van der Waals surface area contributed by atoms with Crippen molar-refractivity contribution in [3.8, 4) is 22.9 Å². The second-order valence-electron chi connectivity index (χ2n) is 4.43. The number of fused-ring (bicyclic) bond motifs is 1. The second kappa shape index (κ2) is 4.82. The lowest BCUT2D eigenvalue weighted by Gasteiger charge is -2.03. The molecule has 0 aliphatic heterocycles. The van der Waals surface area contributed by atoms with Crippen LogP contribution in [0.1, 0.15) is 10.5 Å². The molecular weight excluding hydrogens is 272 g/mol. The molecule has 0 bridgehead atoms. The van der Waals surface area contributed by atoms with Crippen LogP contribution in [0.15, 0.2) is 42.6 Å². The Balaban J connectivity index is 2.27. The predicted molar refractivity (Wildman–Crippen MR) is 75.8 cm³/mol. The van der Waals surface area contributed by atoms with Gasteiger partial charge in [0, 0.05) is 11.8 Å². The third-order valence-electron chi connectivity index (χ3n) is 3.19. The van der Waals surface area contributed by atoms with Crippen molar-refractivity contribution in [1.82, 2.24) is 9.38 Å². The number of imidazole rings is 1. The number of carboxylic acids is 1. The van der Waals surface area contributed by atoms with Crippen LogP contribution in [-0.2, 0) is 0 Å². The SMILES string of the molecule is COc1ccc(-c2nc(C(=O)O)c3c(O)cccn23)cc1. The van der Waals surface area contributed by atoms with E-state index < -0.39 is 5.97 Å². The van der Waals surface area contributed by atoms with Crippen LogP contribution in [-0.4, -0.2) is 32.7 Å². The van der Waals surface area contributed by atoms with E-state index in [0.717, 1.165) is 5.56 Å². The molecule has 0 unspecified atom stereocenters. The number of methoxy groups -OCH3 is 1. The third kappa shape index (κ3) is 2.06. The Labute approximate surface area is 119 Å². The Morgan fingerprint density at radius 2 is 1.95 bits per heavy atom. The van der Waals surface area contributed by atoms with Crippen molar-refractivity contribution in [1.29, 1.82) is 0 Å². The van der Waals surface area contributed by atoms with Gasteiger partial charge in [0.15, 0.2) is 5.69 Å². The van der Waals surface area contributed by atoms with Gasteiger partial charge in [0.2, 0.25) is 0 Å². The maximum Gasteiger partial charge on any atom is 0.356 e. The fraction of sp³-hybridized carbons (Fsp3) is 0.0667. The van der Waals surface area contributed by atoms with Crippen molar-refractivity contribution in [3.05, 3.63) is 48.3 Å². The van der Waals surface area contributed by atoms with E-state index in [-0.39, 0.29) is 17.0 Å². The van der Waals surface area contributed by atoms with E-state index in [4.69, 9.17) is 4.74 Å². The summed E-state index contributed by atoms with van der Waals surface area (Å²) >= 11 is 0. The summed E-state index contributed by atoms with van der Waals surface area (Å²) in [6.07, 6.45) is 1.66. The Bertz CT molecular complexity index is 822. The highest BCUT2D eigenvalue weighted by molar-refractivity contribution is 5.96. The molecule has 0 amide bonds. The highest BCUT2D eigenvalue weighted by atomic mass is 16.5. The number of aromatic nitrogens is 2. The van der Waals surface area contributed by atoms with E-state index in [2.05, 4.69) is 4.98 Å². The molecule has 6 nitrogen and oxygen atoms in total. The van der Waals surface area contributed by atoms with Crippen molar-refractivity contribution in [2.75, 3.05) is 7.11 Å². The fourth-order valence-electron chi connectivity index (χ4n) is 2.21. The van der Waals surface area contributed by atoms with Crippen molar-refractivity contribution in [2.45, 2.75) is 0 Å². The van der Waals surface area contributed by atoms with Crippen LogP contribution in [0, 0.1) is 0 Å². The average Bonchev–Trinajstić information content (AvgIpc) is 2.88. The van der Waals surface area contributed by atoms with Crippen LogP contribution in [0.25, 0.3) is 16.9 Å². The number of nitrogens with zero attached hydrogens (tertiary/aromatic N) is 2. The monoisotopic (exact) mass is 284 g/mol. The van der Waals surface area contributed by atoms with Crippen molar-refractivity contribution >= 4 is 11.5 Å². The maximum absolute atomic E-state index is 11.3. The lowest BCUT2D eigenvalue weighted by Crippen LogP contribution is -1.97. The summed E-state index contributed by atoms with van der Waals surface area (Å²) in [4.78, 5) is 15.4. The molecule has 6 heteroatoms. The average molecular weight is 284 g/mol. The summed E-state index contributed by atoms with van der Waals surface area (Å²) in [5.74, 6) is -0.169. The van der Waals surface area contributed by atoms with Gasteiger partial charge in [-0.3, -0.25) is 4.40 Å². The molecule has 2 heterocycles. The fourth-order valence-corrected chi connectivity index (χ4v) is 2.21. The zero-order valence-corrected chi connectivity index (χ0v) is 11.1. The van der Waals surface area contributed by atoms with E-state index in [1.807, 2.05) is 0 Å². The molecule has 0 aliphatic carbocycles. The highest BCUT2D eigenvalue weighted by Crippen LogP contribution is 2.29. The van der Waals surface area contributed by atoms with Gasteiger partial charge in [-0.25, -0.2) is 9.78 Å². The number of hydrogen-bond donors (Lipinski definition) is 2. The first-order chi connectivity index (χ1) is 10.1. The van der Waals surface area contributed by atoms with E-state index in [0.29, 0.717) is 11.6 Å². The first kappa shape index (κ1) is 13.0. The molecule has 0 spiro atoms. The molecule has 2 aromatic heterocycles. The van der Waals surface area contributed by atoms with E-state index >= 15 is 0 Å². The van der Waals surface area contributed by atoms with Crippen molar-refractivity contribution < 1.29 is 19.7 Å². The van der Waals surface area contributed by atoms with Gasteiger partial charge < -0.3 is 14.9 Å².